The van der Waals surface area contributed by atoms with Gasteiger partial charge in [-0.05, 0) is 13.8 Å². The first-order valence-corrected chi connectivity index (χ1v) is 4.82. The topological polar surface area (TPSA) is 68.1 Å². The zero-order chi connectivity index (χ0) is 12.1. The van der Waals surface area contributed by atoms with E-state index in [2.05, 4.69) is 11.1 Å². The smallest absolute Gasteiger partial charge is 0.344 e. The van der Waals surface area contributed by atoms with E-state index in [4.69, 9.17) is 16.0 Å². The Bertz CT molecular complexity index is 389. The molecule has 0 aromatic carbocycles. The van der Waals surface area contributed by atoms with E-state index in [0.29, 0.717) is 6.42 Å². The fourth-order valence-corrected chi connectivity index (χ4v) is 1.21. The van der Waals surface area contributed by atoms with Crippen molar-refractivity contribution in [2.45, 2.75) is 26.4 Å². The van der Waals surface area contributed by atoms with Gasteiger partial charge in [-0.3, -0.25) is 0 Å². The predicted molar refractivity (Wildman–Crippen MR) is 57.7 cm³/mol. The maximum atomic E-state index is 11.3. The maximum absolute atomic E-state index is 11.3. The van der Waals surface area contributed by atoms with Crippen LogP contribution in [-0.2, 0) is 14.4 Å². The van der Waals surface area contributed by atoms with Gasteiger partial charge in [0.1, 0.15) is 17.9 Å². The second kappa shape index (κ2) is 5.21. The number of rotatable bonds is 4. The number of nitrogens with zero attached hydrogens (tertiary/aromatic N) is 1. The Hall–Kier alpha value is -1.96. The second-order valence-corrected chi connectivity index (χ2v) is 3.27. The fourth-order valence-electron chi connectivity index (χ4n) is 1.21. The average molecular weight is 223 g/mol. The SMILES string of the molecule is C#CCCO/N=C(\C)C1=C(O)C(C)OC1=O. The van der Waals surface area contributed by atoms with Crippen LogP contribution in [0.2, 0.25) is 0 Å². The molecule has 0 spiro atoms. The molecule has 1 atom stereocenters. The van der Waals surface area contributed by atoms with Crippen molar-refractivity contribution in [3.63, 3.8) is 0 Å². The van der Waals surface area contributed by atoms with Gasteiger partial charge in [0.25, 0.3) is 0 Å². The lowest BCUT2D eigenvalue weighted by atomic mass is 10.1. The molecule has 5 nitrogen and oxygen atoms in total. The minimum atomic E-state index is -0.627. The van der Waals surface area contributed by atoms with Gasteiger partial charge in [0, 0.05) is 6.42 Å². The van der Waals surface area contributed by atoms with E-state index in [1.807, 2.05) is 0 Å². The molecule has 0 bridgehead atoms. The number of carbonyl (C=O) groups is 1. The zero-order valence-corrected chi connectivity index (χ0v) is 9.19. The van der Waals surface area contributed by atoms with E-state index in [9.17, 15) is 9.90 Å². The highest BCUT2D eigenvalue weighted by molar-refractivity contribution is 6.20. The van der Waals surface area contributed by atoms with E-state index in [1.54, 1.807) is 13.8 Å². The Morgan fingerprint density at radius 2 is 2.44 bits per heavy atom. The van der Waals surface area contributed by atoms with Crippen molar-refractivity contribution >= 4 is 11.7 Å². The van der Waals surface area contributed by atoms with Crippen molar-refractivity contribution < 1.29 is 19.5 Å². The summed E-state index contributed by atoms with van der Waals surface area (Å²) in [6.07, 6.45) is 4.83. The molecule has 16 heavy (non-hydrogen) atoms. The zero-order valence-electron chi connectivity index (χ0n) is 9.19. The summed E-state index contributed by atoms with van der Waals surface area (Å²) >= 11 is 0. The highest BCUT2D eigenvalue weighted by atomic mass is 16.6. The molecule has 1 heterocycles. The summed E-state index contributed by atoms with van der Waals surface area (Å²) < 4.78 is 4.80. The highest BCUT2D eigenvalue weighted by Gasteiger charge is 2.33. The van der Waals surface area contributed by atoms with Crippen molar-refractivity contribution in [1.29, 1.82) is 0 Å². The molecule has 0 radical (unpaired) electrons. The average Bonchev–Trinajstić information content (AvgIpc) is 2.48. The molecule has 1 aliphatic heterocycles. The number of ether oxygens (including phenoxy) is 1. The number of cyclic esters (lactones) is 1. The van der Waals surface area contributed by atoms with Crippen LogP contribution in [0.25, 0.3) is 0 Å². The molecule has 0 aromatic rings. The molecule has 86 valence electrons. The van der Waals surface area contributed by atoms with Gasteiger partial charge in [-0.25, -0.2) is 4.79 Å². The van der Waals surface area contributed by atoms with Crippen molar-refractivity contribution in [3.8, 4) is 12.3 Å². The van der Waals surface area contributed by atoms with Crippen LogP contribution in [0.4, 0.5) is 0 Å². The third kappa shape index (κ3) is 2.54. The first-order valence-electron chi connectivity index (χ1n) is 4.82. The van der Waals surface area contributed by atoms with Gasteiger partial charge < -0.3 is 14.7 Å². The number of hydrogen-bond donors (Lipinski definition) is 1. The largest absolute Gasteiger partial charge is 0.507 e. The van der Waals surface area contributed by atoms with Gasteiger partial charge in [-0.2, -0.15) is 0 Å². The van der Waals surface area contributed by atoms with E-state index >= 15 is 0 Å². The van der Waals surface area contributed by atoms with Gasteiger partial charge in [0.2, 0.25) is 0 Å². The molecular formula is C11H13NO4. The van der Waals surface area contributed by atoms with Gasteiger partial charge in [0.15, 0.2) is 6.10 Å². The number of aliphatic hydroxyl groups excluding tert-OH is 1. The normalized spacial score (nSPS) is 20.7. The number of esters is 1. The summed E-state index contributed by atoms with van der Waals surface area (Å²) in [6, 6.07) is 0. The first-order chi connectivity index (χ1) is 7.57. The molecule has 0 aromatic heterocycles. The molecule has 0 aliphatic carbocycles. The molecular weight excluding hydrogens is 210 g/mol. The van der Waals surface area contributed by atoms with Crippen LogP contribution in [0.15, 0.2) is 16.5 Å². The van der Waals surface area contributed by atoms with E-state index in [-0.39, 0.29) is 23.7 Å². The summed E-state index contributed by atoms with van der Waals surface area (Å²) in [5.41, 5.74) is 0.345. The van der Waals surface area contributed by atoms with Gasteiger partial charge in [0.05, 0.1) is 5.71 Å². The van der Waals surface area contributed by atoms with Crippen LogP contribution >= 0.6 is 0 Å². The Morgan fingerprint density at radius 1 is 1.75 bits per heavy atom. The Morgan fingerprint density at radius 3 is 2.94 bits per heavy atom. The molecule has 0 fully saturated rings. The monoisotopic (exact) mass is 223 g/mol. The third-order valence-electron chi connectivity index (χ3n) is 2.03. The standard InChI is InChI=1S/C11H13NO4/c1-4-5-6-15-12-7(2)9-10(13)8(3)16-11(9)14/h1,8,13H,5-6H2,2-3H3/b12-7+. The van der Waals surface area contributed by atoms with Gasteiger partial charge >= 0.3 is 5.97 Å². The van der Waals surface area contributed by atoms with Crippen LogP contribution in [0.5, 0.6) is 0 Å². The van der Waals surface area contributed by atoms with Crippen molar-refractivity contribution in [1.82, 2.24) is 0 Å². The van der Waals surface area contributed by atoms with Crippen LogP contribution in [-0.4, -0.2) is 29.5 Å². The van der Waals surface area contributed by atoms with Crippen molar-refractivity contribution in [3.05, 3.63) is 11.3 Å². The van der Waals surface area contributed by atoms with Gasteiger partial charge in [-0.15, -0.1) is 12.3 Å². The van der Waals surface area contributed by atoms with Crippen LogP contribution in [0, 0.1) is 12.3 Å². The minimum absolute atomic E-state index is 0.0632. The number of carbonyl (C=O) groups excluding carboxylic acids is 1. The Kier molecular flexibility index (Phi) is 3.95. The number of oxime groups is 1. The van der Waals surface area contributed by atoms with Crippen LogP contribution in [0.3, 0.4) is 0 Å². The molecule has 1 rings (SSSR count). The predicted octanol–water partition coefficient (Wildman–Crippen LogP) is 1.16. The summed E-state index contributed by atoms with van der Waals surface area (Å²) in [5.74, 6) is 1.68. The van der Waals surface area contributed by atoms with E-state index < -0.39 is 12.1 Å². The summed E-state index contributed by atoms with van der Waals surface area (Å²) in [5, 5.41) is 13.2. The molecule has 1 unspecified atom stereocenters. The maximum Gasteiger partial charge on any atom is 0.344 e. The molecule has 1 aliphatic rings. The minimum Gasteiger partial charge on any atom is -0.507 e. The lowest BCUT2D eigenvalue weighted by Gasteiger charge is -1.99. The molecule has 0 saturated heterocycles. The fraction of sp³-hybridized carbons (Fsp3) is 0.455. The van der Waals surface area contributed by atoms with Gasteiger partial charge in [-0.1, -0.05) is 5.16 Å². The molecule has 5 heteroatoms. The summed E-state index contributed by atoms with van der Waals surface area (Å²) in [7, 11) is 0. The summed E-state index contributed by atoms with van der Waals surface area (Å²) in [6.45, 7) is 3.40. The highest BCUT2D eigenvalue weighted by Crippen LogP contribution is 2.21. The van der Waals surface area contributed by atoms with E-state index in [0.717, 1.165) is 0 Å². The number of aliphatic hydroxyl groups is 1. The molecule has 0 amide bonds. The van der Waals surface area contributed by atoms with Crippen molar-refractivity contribution in [2.24, 2.45) is 5.16 Å². The molecule has 0 saturated carbocycles. The van der Waals surface area contributed by atoms with Crippen LogP contribution in [0.1, 0.15) is 20.3 Å². The van der Waals surface area contributed by atoms with Crippen LogP contribution < -0.4 is 0 Å². The third-order valence-corrected chi connectivity index (χ3v) is 2.03. The molecule has 1 N–H and O–H groups in total. The summed E-state index contributed by atoms with van der Waals surface area (Å²) in [4.78, 5) is 16.2. The van der Waals surface area contributed by atoms with Crippen molar-refractivity contribution in [2.75, 3.05) is 6.61 Å². The second-order valence-electron chi connectivity index (χ2n) is 3.27. The number of hydrogen-bond acceptors (Lipinski definition) is 5. The lowest BCUT2D eigenvalue weighted by molar-refractivity contribution is -0.139. The lowest BCUT2D eigenvalue weighted by Crippen LogP contribution is -2.09. The quantitative estimate of drug-likeness (QED) is 0.255. The van der Waals surface area contributed by atoms with E-state index in [1.165, 1.54) is 0 Å². The Balaban J connectivity index is 2.70. The first kappa shape index (κ1) is 12.1. The Labute approximate surface area is 93.7 Å². The number of terminal acetylenes is 1.